The fourth-order valence-electron chi connectivity index (χ4n) is 4.27. The summed E-state index contributed by atoms with van der Waals surface area (Å²) in [4.78, 5) is 15.4. The lowest BCUT2D eigenvalue weighted by molar-refractivity contribution is 0.242. The maximum Gasteiger partial charge on any atom is 0.316 e. The third-order valence-corrected chi connectivity index (χ3v) is 8.69. The van der Waals surface area contributed by atoms with E-state index in [-0.39, 0.29) is 30.8 Å². The van der Waals surface area contributed by atoms with Crippen LogP contribution < -0.4 is 19.9 Å². The standard InChI is InChI=1S/C26H29ClFN5O4S/c1-26(8-9-26)18-37-24-23(17-29-33(25(24)34)22-7-3-5-20(27)15-22)31-10-12-32(13-11-31)38(35,36)30-16-19-4-2-6-21(28)14-19/h2-7,14-15,17,30H,8-13,16,18H2,1H3. The van der Waals surface area contributed by atoms with Crippen LogP contribution in [-0.2, 0) is 16.8 Å². The SMILES string of the molecule is CC1(COc2c(N3CCN(S(=O)(=O)NCc4cccc(F)c4)CC3)cnn(-c3cccc(Cl)c3)c2=O)CC1. The highest BCUT2D eigenvalue weighted by Crippen LogP contribution is 2.45. The first-order chi connectivity index (χ1) is 18.1. The predicted octanol–water partition coefficient (Wildman–Crippen LogP) is 3.36. The van der Waals surface area contributed by atoms with Gasteiger partial charge < -0.3 is 9.64 Å². The molecule has 12 heteroatoms. The van der Waals surface area contributed by atoms with Crippen molar-refractivity contribution in [1.29, 1.82) is 0 Å². The molecule has 1 N–H and O–H groups in total. The van der Waals surface area contributed by atoms with Gasteiger partial charge in [0.1, 0.15) is 11.5 Å². The van der Waals surface area contributed by atoms with E-state index in [2.05, 4.69) is 16.7 Å². The van der Waals surface area contributed by atoms with Crippen LogP contribution in [0.1, 0.15) is 25.3 Å². The van der Waals surface area contributed by atoms with Crippen molar-refractivity contribution in [2.24, 2.45) is 5.41 Å². The zero-order valence-corrected chi connectivity index (χ0v) is 22.5. The summed E-state index contributed by atoms with van der Waals surface area (Å²) >= 11 is 6.13. The van der Waals surface area contributed by atoms with E-state index in [0.717, 1.165) is 12.8 Å². The van der Waals surface area contributed by atoms with Crippen LogP contribution in [-0.4, -0.2) is 55.3 Å². The Morgan fingerprint density at radius 2 is 1.84 bits per heavy atom. The van der Waals surface area contributed by atoms with Gasteiger partial charge in [0.05, 0.1) is 18.5 Å². The summed E-state index contributed by atoms with van der Waals surface area (Å²) in [5.74, 6) is -0.233. The number of hydrogen-bond donors (Lipinski definition) is 1. The van der Waals surface area contributed by atoms with Crippen molar-refractivity contribution in [2.75, 3.05) is 37.7 Å². The number of piperazine rings is 1. The molecule has 2 fully saturated rings. The molecule has 2 heterocycles. The summed E-state index contributed by atoms with van der Waals surface area (Å²) in [5.41, 5.74) is 1.23. The Bertz CT molecular complexity index is 1490. The van der Waals surface area contributed by atoms with E-state index < -0.39 is 21.6 Å². The maximum absolute atomic E-state index is 13.5. The molecule has 5 rings (SSSR count). The van der Waals surface area contributed by atoms with Crippen LogP contribution in [0.4, 0.5) is 10.1 Å². The highest BCUT2D eigenvalue weighted by molar-refractivity contribution is 7.87. The number of aromatic nitrogens is 2. The van der Waals surface area contributed by atoms with Crippen LogP contribution in [0.15, 0.2) is 59.5 Å². The van der Waals surface area contributed by atoms with Gasteiger partial charge in [-0.15, -0.1) is 0 Å². The lowest BCUT2D eigenvalue weighted by Crippen LogP contribution is -2.52. The number of rotatable bonds is 9. The number of nitrogens with one attached hydrogen (secondary N) is 1. The smallest absolute Gasteiger partial charge is 0.316 e. The summed E-state index contributed by atoms with van der Waals surface area (Å²) in [5, 5.41) is 4.86. The number of hydrogen-bond acceptors (Lipinski definition) is 6. The molecule has 0 radical (unpaired) electrons. The molecule has 3 aromatic rings. The molecule has 202 valence electrons. The third kappa shape index (κ3) is 6.01. The summed E-state index contributed by atoms with van der Waals surface area (Å²) in [6.07, 6.45) is 3.66. The van der Waals surface area contributed by atoms with Crippen LogP contribution in [0, 0.1) is 11.2 Å². The van der Waals surface area contributed by atoms with Crippen molar-refractivity contribution in [2.45, 2.75) is 26.3 Å². The van der Waals surface area contributed by atoms with E-state index in [1.54, 1.807) is 36.5 Å². The van der Waals surface area contributed by atoms with E-state index in [1.165, 1.54) is 27.2 Å². The molecule has 0 atom stereocenters. The molecular weight excluding hydrogens is 533 g/mol. The summed E-state index contributed by atoms with van der Waals surface area (Å²) < 4.78 is 50.4. The second kappa shape index (κ2) is 10.6. The van der Waals surface area contributed by atoms with Crippen LogP contribution >= 0.6 is 11.6 Å². The van der Waals surface area contributed by atoms with E-state index in [1.807, 2.05) is 4.90 Å². The molecule has 1 saturated carbocycles. The van der Waals surface area contributed by atoms with Gasteiger partial charge in [-0.1, -0.05) is 36.7 Å². The lowest BCUT2D eigenvalue weighted by atomic mass is 10.2. The first-order valence-corrected chi connectivity index (χ1v) is 14.2. The van der Waals surface area contributed by atoms with Gasteiger partial charge in [0.15, 0.2) is 0 Å². The molecule has 9 nitrogen and oxygen atoms in total. The molecule has 0 unspecified atom stereocenters. The van der Waals surface area contributed by atoms with Gasteiger partial charge in [0.2, 0.25) is 5.75 Å². The quantitative estimate of drug-likeness (QED) is 0.430. The topological polar surface area (TPSA) is 96.8 Å². The van der Waals surface area contributed by atoms with Gasteiger partial charge >= 0.3 is 5.56 Å². The first-order valence-electron chi connectivity index (χ1n) is 12.4. The first kappa shape index (κ1) is 26.6. The minimum absolute atomic E-state index is 0.0112. The lowest BCUT2D eigenvalue weighted by Gasteiger charge is -2.35. The zero-order chi connectivity index (χ0) is 26.9. The molecule has 1 aromatic heterocycles. The van der Waals surface area contributed by atoms with Gasteiger partial charge in [0.25, 0.3) is 10.2 Å². The summed E-state index contributed by atoms with van der Waals surface area (Å²) in [6.45, 7) is 3.60. The number of ether oxygens (including phenoxy) is 1. The van der Waals surface area contributed by atoms with Gasteiger partial charge in [-0.2, -0.15) is 27.2 Å². The highest BCUT2D eigenvalue weighted by Gasteiger charge is 2.39. The molecule has 1 aliphatic heterocycles. The number of nitrogens with zero attached hydrogens (tertiary/aromatic N) is 4. The van der Waals surface area contributed by atoms with Crippen molar-refractivity contribution in [3.63, 3.8) is 0 Å². The van der Waals surface area contributed by atoms with Crippen LogP contribution in [0.3, 0.4) is 0 Å². The Kier molecular flexibility index (Phi) is 7.45. The van der Waals surface area contributed by atoms with Crippen molar-refractivity contribution in [3.8, 4) is 11.4 Å². The maximum atomic E-state index is 13.5. The average molecular weight is 562 g/mol. The van der Waals surface area contributed by atoms with Gasteiger partial charge in [-0.25, -0.2) is 4.39 Å². The molecule has 2 aromatic carbocycles. The second-order valence-corrected chi connectivity index (χ2v) is 12.2. The summed E-state index contributed by atoms with van der Waals surface area (Å²) in [6, 6.07) is 12.7. The molecule has 2 aliphatic rings. The third-order valence-electron chi connectivity index (χ3n) is 6.90. The van der Waals surface area contributed by atoms with Gasteiger partial charge in [0, 0.05) is 43.2 Å². The monoisotopic (exact) mass is 561 g/mol. The molecule has 1 aliphatic carbocycles. The van der Waals surface area contributed by atoms with Crippen molar-refractivity contribution >= 4 is 27.5 Å². The van der Waals surface area contributed by atoms with Crippen LogP contribution in [0.2, 0.25) is 5.02 Å². The number of benzene rings is 2. The predicted molar refractivity (Wildman–Crippen MR) is 144 cm³/mol. The van der Waals surface area contributed by atoms with E-state index in [4.69, 9.17) is 16.3 Å². The van der Waals surface area contributed by atoms with Gasteiger partial charge in [-0.05, 0) is 48.7 Å². The minimum Gasteiger partial charge on any atom is -0.486 e. The van der Waals surface area contributed by atoms with Crippen LogP contribution in [0.25, 0.3) is 5.69 Å². The number of halogens is 2. The molecule has 1 saturated heterocycles. The molecule has 0 bridgehead atoms. The highest BCUT2D eigenvalue weighted by atomic mass is 35.5. The minimum atomic E-state index is -3.78. The molecular formula is C26H29ClFN5O4S. The zero-order valence-electron chi connectivity index (χ0n) is 20.9. The molecule has 0 amide bonds. The van der Waals surface area contributed by atoms with Crippen molar-refractivity contribution in [3.05, 3.63) is 81.5 Å². The Balaban J connectivity index is 1.32. The van der Waals surface area contributed by atoms with E-state index in [9.17, 15) is 17.6 Å². The fourth-order valence-corrected chi connectivity index (χ4v) is 5.63. The Labute approximate surface area is 226 Å². The largest absolute Gasteiger partial charge is 0.486 e. The van der Waals surface area contributed by atoms with E-state index >= 15 is 0 Å². The normalized spacial score (nSPS) is 17.4. The van der Waals surface area contributed by atoms with E-state index in [0.29, 0.717) is 41.7 Å². The molecule has 0 spiro atoms. The van der Waals surface area contributed by atoms with Crippen molar-refractivity contribution in [1.82, 2.24) is 18.8 Å². The average Bonchev–Trinajstić information content (AvgIpc) is 3.64. The Morgan fingerprint density at radius 1 is 1.11 bits per heavy atom. The van der Waals surface area contributed by atoms with Gasteiger partial charge in [-0.3, -0.25) is 4.79 Å². The Morgan fingerprint density at radius 3 is 2.53 bits per heavy atom. The Hall–Kier alpha value is -2.99. The number of anilines is 1. The van der Waals surface area contributed by atoms with Crippen LogP contribution in [0.5, 0.6) is 5.75 Å². The second-order valence-electron chi connectivity index (χ2n) is 10.00. The summed E-state index contributed by atoms with van der Waals surface area (Å²) in [7, 11) is -3.78. The van der Waals surface area contributed by atoms with Crippen molar-refractivity contribution < 1.29 is 17.5 Å². The fraction of sp³-hybridized carbons (Fsp3) is 0.385. The molecule has 38 heavy (non-hydrogen) atoms.